The highest BCUT2D eigenvalue weighted by molar-refractivity contribution is 9.10. The Morgan fingerprint density at radius 3 is 2.22 bits per heavy atom. The minimum atomic E-state index is -1.10. The van der Waals surface area contributed by atoms with E-state index < -0.39 is 5.97 Å². The molecule has 0 aromatic heterocycles. The highest BCUT2D eigenvalue weighted by atomic mass is 79.9. The normalized spacial score (nSPS) is 11.3. The van der Waals surface area contributed by atoms with Crippen LogP contribution >= 0.6 is 15.9 Å². The highest BCUT2D eigenvalue weighted by Crippen LogP contribution is 2.39. The van der Waals surface area contributed by atoms with Crippen molar-refractivity contribution in [2.45, 2.75) is 27.2 Å². The molecule has 27 heavy (non-hydrogen) atoms. The predicted molar refractivity (Wildman–Crippen MR) is 112 cm³/mol. The number of halogens is 1. The van der Waals surface area contributed by atoms with Gasteiger partial charge in [-0.2, -0.15) is 0 Å². The summed E-state index contributed by atoms with van der Waals surface area (Å²) < 4.78 is 11.7. The number of hydrogen-bond acceptors (Lipinski definition) is 4. The monoisotopic (exact) mass is 433 g/mol. The topological polar surface area (TPSA) is 59.0 Å². The summed E-state index contributed by atoms with van der Waals surface area (Å²) in [5.41, 5.74) is 4.00. The SMILES string of the molecule is CC/C(C)=C\N(c1cc(OC)c(C(=O)O)c(OC)c1)c1ccc(Br)cc1C. The van der Waals surface area contributed by atoms with Crippen LogP contribution in [-0.4, -0.2) is 25.3 Å². The lowest BCUT2D eigenvalue weighted by molar-refractivity contribution is 0.0689. The largest absolute Gasteiger partial charge is 0.496 e. The van der Waals surface area contributed by atoms with Crippen molar-refractivity contribution in [3.8, 4) is 11.5 Å². The number of rotatable bonds is 7. The first-order chi connectivity index (χ1) is 12.8. The number of hydrogen-bond donors (Lipinski definition) is 1. The van der Waals surface area contributed by atoms with Crippen LogP contribution in [0.2, 0.25) is 0 Å². The Morgan fingerprint density at radius 1 is 1.19 bits per heavy atom. The summed E-state index contributed by atoms with van der Waals surface area (Å²) in [4.78, 5) is 13.7. The Bertz CT molecular complexity index is 851. The van der Waals surface area contributed by atoms with Crippen molar-refractivity contribution in [1.29, 1.82) is 0 Å². The average Bonchev–Trinajstić information content (AvgIpc) is 2.64. The number of carbonyl (C=O) groups is 1. The molecule has 2 aromatic carbocycles. The summed E-state index contributed by atoms with van der Waals surface area (Å²) in [6.45, 7) is 6.18. The molecule has 2 rings (SSSR count). The van der Waals surface area contributed by atoms with Crippen molar-refractivity contribution in [1.82, 2.24) is 0 Å². The molecule has 0 aliphatic heterocycles. The molecule has 0 radical (unpaired) electrons. The van der Waals surface area contributed by atoms with Gasteiger partial charge in [0, 0.05) is 28.5 Å². The van der Waals surface area contributed by atoms with E-state index in [1.807, 2.05) is 36.2 Å². The second-order valence-corrected chi connectivity index (χ2v) is 7.08. The van der Waals surface area contributed by atoms with Gasteiger partial charge in [0.05, 0.1) is 19.9 Å². The first-order valence-corrected chi connectivity index (χ1v) is 9.33. The second-order valence-electron chi connectivity index (χ2n) is 6.16. The molecule has 0 aliphatic carbocycles. The van der Waals surface area contributed by atoms with Gasteiger partial charge >= 0.3 is 5.97 Å². The maximum atomic E-state index is 11.6. The van der Waals surface area contributed by atoms with Crippen LogP contribution in [0.15, 0.2) is 46.6 Å². The molecule has 144 valence electrons. The zero-order valence-corrected chi connectivity index (χ0v) is 17.8. The standard InChI is InChI=1S/C21H24BrNO4/c1-6-13(2)12-23(17-8-7-15(22)9-14(17)3)16-10-18(26-4)20(21(24)25)19(11-16)27-5/h7-12H,6H2,1-5H3,(H,24,25)/b13-12-. The summed E-state index contributed by atoms with van der Waals surface area (Å²) >= 11 is 3.50. The number of carboxylic acids is 1. The third kappa shape index (κ3) is 4.63. The van der Waals surface area contributed by atoms with E-state index in [1.165, 1.54) is 19.8 Å². The molecular weight excluding hydrogens is 410 g/mol. The Kier molecular flexibility index (Phi) is 6.91. The minimum absolute atomic E-state index is 0.00687. The van der Waals surface area contributed by atoms with Crippen LogP contribution in [0.1, 0.15) is 36.2 Å². The Balaban J connectivity index is 2.74. The van der Waals surface area contributed by atoms with Gasteiger partial charge in [0.25, 0.3) is 0 Å². The number of carboxylic acid groups (broad SMARTS) is 1. The van der Waals surface area contributed by atoms with Crippen LogP contribution < -0.4 is 14.4 Å². The number of aromatic carboxylic acids is 1. The van der Waals surface area contributed by atoms with Gasteiger partial charge in [0.2, 0.25) is 0 Å². The zero-order valence-electron chi connectivity index (χ0n) is 16.2. The van der Waals surface area contributed by atoms with Crippen molar-refractivity contribution < 1.29 is 19.4 Å². The predicted octanol–water partition coefficient (Wildman–Crippen LogP) is 5.92. The van der Waals surface area contributed by atoms with Gasteiger partial charge in [-0.05, 0) is 44.0 Å². The van der Waals surface area contributed by atoms with Gasteiger partial charge in [-0.25, -0.2) is 4.79 Å². The first kappa shape index (κ1) is 20.8. The molecule has 0 saturated heterocycles. The van der Waals surface area contributed by atoms with Crippen LogP contribution in [0.4, 0.5) is 11.4 Å². The van der Waals surface area contributed by atoms with Gasteiger partial charge in [-0.1, -0.05) is 28.4 Å². The Morgan fingerprint density at radius 2 is 1.78 bits per heavy atom. The molecule has 0 unspecified atom stereocenters. The van der Waals surface area contributed by atoms with E-state index in [4.69, 9.17) is 9.47 Å². The number of aryl methyl sites for hydroxylation is 1. The van der Waals surface area contributed by atoms with E-state index in [1.54, 1.807) is 12.1 Å². The summed E-state index contributed by atoms with van der Waals surface area (Å²) in [6.07, 6.45) is 2.94. The van der Waals surface area contributed by atoms with E-state index in [9.17, 15) is 9.90 Å². The lowest BCUT2D eigenvalue weighted by atomic mass is 10.1. The molecular formula is C21H24BrNO4. The van der Waals surface area contributed by atoms with Crippen LogP contribution in [0, 0.1) is 6.92 Å². The fraction of sp³-hybridized carbons (Fsp3) is 0.286. The molecule has 5 nitrogen and oxygen atoms in total. The smallest absolute Gasteiger partial charge is 0.343 e. The van der Waals surface area contributed by atoms with Gasteiger partial charge in [0.15, 0.2) is 0 Å². The third-order valence-corrected chi connectivity index (χ3v) is 4.80. The van der Waals surface area contributed by atoms with E-state index in [0.29, 0.717) is 0 Å². The van der Waals surface area contributed by atoms with Crippen molar-refractivity contribution in [3.63, 3.8) is 0 Å². The van der Waals surface area contributed by atoms with Crippen LogP contribution in [-0.2, 0) is 0 Å². The van der Waals surface area contributed by atoms with Crippen molar-refractivity contribution >= 4 is 33.3 Å². The number of ether oxygens (including phenoxy) is 2. The fourth-order valence-electron chi connectivity index (χ4n) is 2.73. The molecule has 0 amide bonds. The first-order valence-electron chi connectivity index (χ1n) is 8.54. The van der Waals surface area contributed by atoms with Crippen molar-refractivity contribution in [3.05, 3.63) is 57.7 Å². The van der Waals surface area contributed by atoms with E-state index in [-0.39, 0.29) is 17.1 Å². The summed E-state index contributed by atoms with van der Waals surface area (Å²) in [7, 11) is 2.90. The fourth-order valence-corrected chi connectivity index (χ4v) is 3.21. The van der Waals surface area contributed by atoms with E-state index in [0.717, 1.165) is 27.8 Å². The van der Waals surface area contributed by atoms with Crippen molar-refractivity contribution in [2.24, 2.45) is 0 Å². The molecule has 0 spiro atoms. The maximum absolute atomic E-state index is 11.6. The number of methoxy groups -OCH3 is 2. The van der Waals surface area contributed by atoms with Gasteiger partial charge in [-0.3, -0.25) is 0 Å². The van der Waals surface area contributed by atoms with E-state index in [2.05, 4.69) is 29.8 Å². The molecule has 6 heteroatoms. The molecule has 0 aliphatic rings. The summed E-state index contributed by atoms with van der Waals surface area (Å²) in [6, 6.07) is 9.46. The Hall–Kier alpha value is -2.47. The molecule has 0 saturated carbocycles. The van der Waals surface area contributed by atoms with Gasteiger partial charge in [0.1, 0.15) is 17.1 Å². The lowest BCUT2D eigenvalue weighted by Gasteiger charge is -2.25. The van der Waals surface area contributed by atoms with Gasteiger partial charge < -0.3 is 19.5 Å². The number of anilines is 2. The third-order valence-electron chi connectivity index (χ3n) is 4.31. The molecule has 1 N–H and O–H groups in total. The molecule has 0 bridgehead atoms. The minimum Gasteiger partial charge on any atom is -0.496 e. The maximum Gasteiger partial charge on any atom is 0.343 e. The summed E-state index contributed by atoms with van der Waals surface area (Å²) in [5, 5.41) is 9.52. The van der Waals surface area contributed by atoms with Gasteiger partial charge in [-0.15, -0.1) is 0 Å². The molecule has 0 heterocycles. The molecule has 0 fully saturated rings. The van der Waals surface area contributed by atoms with E-state index >= 15 is 0 Å². The average molecular weight is 434 g/mol. The Labute approximate surface area is 168 Å². The highest BCUT2D eigenvalue weighted by Gasteiger charge is 2.22. The number of nitrogens with zero attached hydrogens (tertiary/aromatic N) is 1. The van der Waals surface area contributed by atoms with Crippen LogP contribution in [0.25, 0.3) is 0 Å². The summed E-state index contributed by atoms with van der Waals surface area (Å²) in [5.74, 6) is -0.597. The van der Waals surface area contributed by atoms with Crippen LogP contribution in [0.3, 0.4) is 0 Å². The number of benzene rings is 2. The molecule has 0 atom stereocenters. The molecule has 2 aromatic rings. The number of allylic oxidation sites excluding steroid dienone is 1. The zero-order chi connectivity index (χ0) is 20.1. The van der Waals surface area contributed by atoms with Crippen LogP contribution in [0.5, 0.6) is 11.5 Å². The van der Waals surface area contributed by atoms with Crippen molar-refractivity contribution in [2.75, 3.05) is 19.1 Å². The lowest BCUT2D eigenvalue weighted by Crippen LogP contribution is -2.13. The second kappa shape index (κ2) is 8.95. The quantitative estimate of drug-likeness (QED) is 0.586.